The molecule has 2 heterocycles. The second kappa shape index (κ2) is 15.1. The fourth-order valence-corrected chi connectivity index (χ4v) is 4.83. The van der Waals surface area contributed by atoms with Gasteiger partial charge in [0.2, 0.25) is 5.75 Å². The van der Waals surface area contributed by atoms with E-state index in [1.807, 2.05) is 24.3 Å². The molecule has 242 valence electrons. The molecule has 0 saturated heterocycles. The predicted molar refractivity (Wildman–Crippen MR) is 178 cm³/mol. The molecular formula is C35H33ClN4O7. The van der Waals surface area contributed by atoms with Crippen LogP contribution >= 0.6 is 11.6 Å². The zero-order chi connectivity index (χ0) is 33.3. The van der Waals surface area contributed by atoms with E-state index in [4.69, 9.17) is 35.0 Å². The highest BCUT2D eigenvalue weighted by Crippen LogP contribution is 2.38. The summed E-state index contributed by atoms with van der Waals surface area (Å²) < 4.78 is 30.3. The van der Waals surface area contributed by atoms with Crippen molar-refractivity contribution in [2.45, 2.75) is 20.5 Å². The quantitative estimate of drug-likeness (QED) is 0.106. The Kier molecular flexibility index (Phi) is 10.5. The Morgan fingerprint density at radius 2 is 1.53 bits per heavy atom. The molecule has 0 fully saturated rings. The summed E-state index contributed by atoms with van der Waals surface area (Å²) in [7, 11) is 2.91. The van der Waals surface area contributed by atoms with Crippen LogP contribution in [0.1, 0.15) is 33.3 Å². The molecule has 2 amide bonds. The predicted octanol–water partition coefficient (Wildman–Crippen LogP) is 6.72. The summed E-state index contributed by atoms with van der Waals surface area (Å²) in [6.45, 7) is 3.97. The van der Waals surface area contributed by atoms with Gasteiger partial charge >= 0.3 is 5.91 Å². The van der Waals surface area contributed by atoms with E-state index < -0.39 is 5.91 Å². The third-order valence-corrected chi connectivity index (χ3v) is 7.22. The van der Waals surface area contributed by atoms with Gasteiger partial charge in [-0.05, 0) is 98.8 Å². The van der Waals surface area contributed by atoms with Crippen molar-refractivity contribution in [2.24, 2.45) is 5.10 Å². The number of aryl methyl sites for hydroxylation is 2. The van der Waals surface area contributed by atoms with Crippen molar-refractivity contribution in [3.05, 3.63) is 118 Å². The van der Waals surface area contributed by atoms with Crippen molar-refractivity contribution in [3.8, 4) is 28.7 Å². The number of anilines is 1. The number of furan rings is 1. The number of rotatable bonds is 13. The summed E-state index contributed by atoms with van der Waals surface area (Å²) in [4.78, 5) is 25.1. The highest BCUT2D eigenvalue weighted by molar-refractivity contribution is 6.30. The van der Waals surface area contributed by atoms with E-state index in [2.05, 4.69) is 46.4 Å². The van der Waals surface area contributed by atoms with Crippen LogP contribution in [0.25, 0.3) is 5.69 Å². The highest BCUT2D eigenvalue weighted by Gasteiger charge is 2.16. The number of halogens is 1. The maximum absolute atomic E-state index is 12.6. The van der Waals surface area contributed by atoms with Gasteiger partial charge in [0.05, 0.1) is 20.4 Å². The normalized spacial score (nSPS) is 10.9. The van der Waals surface area contributed by atoms with E-state index in [0.29, 0.717) is 39.3 Å². The molecule has 0 saturated carbocycles. The number of hydrazone groups is 1. The number of hydrogen-bond donors (Lipinski definition) is 2. The summed E-state index contributed by atoms with van der Waals surface area (Å²) in [5.74, 6) is 1.14. The molecule has 0 radical (unpaired) electrons. The second-order valence-electron chi connectivity index (χ2n) is 10.3. The van der Waals surface area contributed by atoms with Gasteiger partial charge < -0.3 is 33.2 Å². The summed E-state index contributed by atoms with van der Waals surface area (Å²) >= 11 is 5.89. The lowest BCUT2D eigenvalue weighted by molar-refractivity contribution is -0.118. The average Bonchev–Trinajstić information content (AvgIpc) is 3.69. The molecule has 0 aliphatic carbocycles. The maximum atomic E-state index is 12.6. The Morgan fingerprint density at radius 1 is 0.872 bits per heavy atom. The zero-order valence-electron chi connectivity index (χ0n) is 26.2. The number of nitrogens with zero attached hydrogens (tertiary/aromatic N) is 2. The Hall–Kier alpha value is -5.68. The molecule has 2 aromatic heterocycles. The van der Waals surface area contributed by atoms with Crippen LogP contribution in [0.3, 0.4) is 0 Å². The summed E-state index contributed by atoms with van der Waals surface area (Å²) in [6.07, 6.45) is 1.41. The number of methoxy groups -OCH3 is 2. The number of carbonyl (C=O) groups is 2. The smallest absolute Gasteiger partial charge is 0.307 e. The standard InChI is InChI=1S/C35H33ClN4O7/c1-22-5-6-23(2)40(22)27-11-13-28(14-12-27)45-20-29-15-16-30(47-29)35(42)39-37-19-24-17-31(43-3)34(32(18-24)44-4)46-21-33(41)38-26-9-7-25(36)8-10-26/h5-19H,20-21H2,1-4H3,(H,38,41)(H,39,42)/b37-19+. The molecule has 0 aliphatic heterocycles. The molecule has 2 N–H and O–H groups in total. The third-order valence-electron chi connectivity index (χ3n) is 6.97. The van der Waals surface area contributed by atoms with Gasteiger partial charge in [-0.25, -0.2) is 5.43 Å². The minimum Gasteiger partial charge on any atom is -0.493 e. The van der Waals surface area contributed by atoms with Crippen LogP contribution in [0, 0.1) is 13.8 Å². The van der Waals surface area contributed by atoms with Crippen LogP contribution < -0.4 is 29.7 Å². The fourth-order valence-electron chi connectivity index (χ4n) is 4.70. The number of aromatic nitrogens is 1. The lowest BCUT2D eigenvalue weighted by Gasteiger charge is -2.15. The number of carbonyl (C=O) groups excluding carboxylic acids is 2. The molecule has 0 atom stereocenters. The summed E-state index contributed by atoms with van der Waals surface area (Å²) in [6, 6.07) is 25.1. The van der Waals surface area contributed by atoms with E-state index in [0.717, 1.165) is 17.1 Å². The number of nitrogens with one attached hydrogen (secondary N) is 2. The number of amides is 2. The van der Waals surface area contributed by atoms with Crippen molar-refractivity contribution in [2.75, 3.05) is 26.1 Å². The Labute approximate surface area is 276 Å². The molecule has 0 spiro atoms. The van der Waals surface area contributed by atoms with Crippen LogP contribution in [-0.2, 0) is 11.4 Å². The van der Waals surface area contributed by atoms with Gasteiger partial charge in [-0.3, -0.25) is 9.59 Å². The van der Waals surface area contributed by atoms with Crippen molar-refractivity contribution < 1.29 is 33.0 Å². The van der Waals surface area contributed by atoms with Gasteiger partial charge in [0, 0.05) is 33.3 Å². The van der Waals surface area contributed by atoms with E-state index in [1.54, 1.807) is 48.5 Å². The van der Waals surface area contributed by atoms with E-state index in [-0.39, 0.29) is 30.6 Å². The lowest BCUT2D eigenvalue weighted by atomic mass is 10.2. The average molecular weight is 657 g/mol. The minimum atomic E-state index is -0.542. The first-order valence-electron chi connectivity index (χ1n) is 14.5. The first kappa shape index (κ1) is 32.7. The van der Waals surface area contributed by atoms with Gasteiger partial charge in [-0.2, -0.15) is 5.10 Å². The zero-order valence-corrected chi connectivity index (χ0v) is 27.0. The van der Waals surface area contributed by atoms with Gasteiger partial charge in [-0.15, -0.1) is 0 Å². The molecule has 0 bridgehead atoms. The molecule has 5 aromatic rings. The van der Waals surface area contributed by atoms with Crippen LogP contribution in [0.5, 0.6) is 23.0 Å². The van der Waals surface area contributed by atoms with Crippen molar-refractivity contribution in [1.82, 2.24) is 9.99 Å². The summed E-state index contributed by atoms with van der Waals surface area (Å²) in [5, 5.41) is 7.31. The van der Waals surface area contributed by atoms with E-state index in [9.17, 15) is 9.59 Å². The van der Waals surface area contributed by atoms with Gasteiger partial charge in [0.15, 0.2) is 23.9 Å². The Bertz CT molecular complexity index is 1830. The third kappa shape index (κ3) is 8.33. The van der Waals surface area contributed by atoms with Crippen molar-refractivity contribution >= 4 is 35.3 Å². The molecule has 5 rings (SSSR count). The first-order chi connectivity index (χ1) is 22.7. The van der Waals surface area contributed by atoms with Crippen LogP contribution in [0.15, 0.2) is 94.4 Å². The van der Waals surface area contributed by atoms with Gasteiger partial charge in [0.25, 0.3) is 5.91 Å². The SMILES string of the molecule is COc1cc(/C=N/NC(=O)c2ccc(COc3ccc(-n4c(C)ccc4C)cc3)o2)cc(OC)c1OCC(=O)Nc1ccc(Cl)cc1. The Balaban J connectivity index is 1.14. The number of ether oxygens (including phenoxy) is 4. The molecule has 0 aliphatic rings. The molecule has 3 aromatic carbocycles. The highest BCUT2D eigenvalue weighted by atomic mass is 35.5. The maximum Gasteiger partial charge on any atom is 0.307 e. The topological polar surface area (TPSA) is 126 Å². The Morgan fingerprint density at radius 3 is 2.17 bits per heavy atom. The van der Waals surface area contributed by atoms with Crippen molar-refractivity contribution in [1.29, 1.82) is 0 Å². The van der Waals surface area contributed by atoms with Gasteiger partial charge in [0.1, 0.15) is 18.1 Å². The minimum absolute atomic E-state index is 0.0745. The lowest BCUT2D eigenvalue weighted by Crippen LogP contribution is -2.20. The van der Waals surface area contributed by atoms with Crippen LogP contribution in [-0.4, -0.2) is 43.4 Å². The number of benzene rings is 3. The number of hydrogen-bond acceptors (Lipinski definition) is 8. The largest absolute Gasteiger partial charge is 0.493 e. The molecule has 47 heavy (non-hydrogen) atoms. The van der Waals surface area contributed by atoms with Crippen LogP contribution in [0.4, 0.5) is 5.69 Å². The molecule has 0 unspecified atom stereocenters. The second-order valence-corrected chi connectivity index (χ2v) is 10.7. The van der Waals surface area contributed by atoms with E-state index >= 15 is 0 Å². The fraction of sp³-hybridized carbons (Fsp3) is 0.171. The molecule has 11 nitrogen and oxygen atoms in total. The summed E-state index contributed by atoms with van der Waals surface area (Å²) in [5.41, 5.74) is 6.91. The van der Waals surface area contributed by atoms with E-state index in [1.165, 1.54) is 20.4 Å². The monoisotopic (exact) mass is 656 g/mol. The van der Waals surface area contributed by atoms with Gasteiger partial charge in [-0.1, -0.05) is 11.6 Å². The molecular weight excluding hydrogens is 624 g/mol. The molecule has 12 heteroatoms. The van der Waals surface area contributed by atoms with Crippen LogP contribution in [0.2, 0.25) is 5.02 Å². The van der Waals surface area contributed by atoms with Crippen molar-refractivity contribution in [3.63, 3.8) is 0 Å². The first-order valence-corrected chi connectivity index (χ1v) is 14.9.